The zero-order valence-corrected chi connectivity index (χ0v) is 21.2. The van der Waals surface area contributed by atoms with E-state index in [2.05, 4.69) is 58.5 Å². The van der Waals surface area contributed by atoms with Crippen LogP contribution in [0, 0.1) is 6.92 Å². The van der Waals surface area contributed by atoms with Crippen molar-refractivity contribution >= 4 is 23.1 Å². The lowest BCUT2D eigenvalue weighted by atomic mass is 9.94. The summed E-state index contributed by atoms with van der Waals surface area (Å²) in [6.45, 7) is 8.10. The number of imidazole rings is 1. The monoisotopic (exact) mass is 495 g/mol. The molecule has 11 heteroatoms. The molecule has 1 N–H and O–H groups in total. The molecule has 1 saturated heterocycles. The summed E-state index contributed by atoms with van der Waals surface area (Å²) in [5.74, 6) is 3.06. The highest BCUT2D eigenvalue weighted by Gasteiger charge is 2.25. The molecule has 0 radical (unpaired) electrons. The van der Waals surface area contributed by atoms with Gasteiger partial charge in [-0.1, -0.05) is 13.8 Å². The third-order valence-corrected chi connectivity index (χ3v) is 6.96. The molecule has 5 aromatic rings. The number of aromatic nitrogens is 9. The van der Waals surface area contributed by atoms with E-state index < -0.39 is 0 Å². The largest absolute Gasteiger partial charge is 0.341 e. The van der Waals surface area contributed by atoms with Crippen LogP contribution < -0.4 is 10.2 Å². The predicted octanol–water partition coefficient (Wildman–Crippen LogP) is 4.05. The Morgan fingerprint density at radius 2 is 1.81 bits per heavy atom. The first-order valence-electron chi connectivity index (χ1n) is 12.6. The van der Waals surface area contributed by atoms with Crippen LogP contribution in [0.5, 0.6) is 0 Å². The number of hydrogen-bond donors (Lipinski definition) is 1. The normalized spacial score (nSPS) is 14.5. The second-order valence-corrected chi connectivity index (χ2v) is 9.65. The molecule has 1 fully saturated rings. The van der Waals surface area contributed by atoms with Crippen LogP contribution in [0.15, 0.2) is 55.8 Å². The van der Waals surface area contributed by atoms with Gasteiger partial charge in [0, 0.05) is 55.7 Å². The number of pyridine rings is 1. The van der Waals surface area contributed by atoms with Crippen molar-refractivity contribution in [3.63, 3.8) is 0 Å². The number of anilines is 3. The van der Waals surface area contributed by atoms with E-state index in [0.717, 1.165) is 48.9 Å². The van der Waals surface area contributed by atoms with Gasteiger partial charge in [0.2, 0.25) is 5.95 Å². The molecular formula is C26H29N11. The first kappa shape index (κ1) is 23.0. The van der Waals surface area contributed by atoms with E-state index in [1.165, 1.54) is 17.6 Å². The first-order chi connectivity index (χ1) is 18.1. The van der Waals surface area contributed by atoms with Crippen molar-refractivity contribution in [2.24, 2.45) is 0 Å². The van der Waals surface area contributed by atoms with Crippen molar-refractivity contribution in [3.05, 3.63) is 72.7 Å². The quantitative estimate of drug-likeness (QED) is 0.372. The Bertz CT molecular complexity index is 1500. The highest BCUT2D eigenvalue weighted by atomic mass is 15.3. The van der Waals surface area contributed by atoms with Gasteiger partial charge in [-0.3, -0.25) is 4.40 Å². The number of aryl methyl sites for hydroxylation is 1. The molecule has 37 heavy (non-hydrogen) atoms. The molecule has 5 aromatic heterocycles. The number of piperidine rings is 1. The molecule has 0 spiro atoms. The molecule has 6 heterocycles. The maximum Gasteiger partial charge on any atom is 0.225 e. The Hall–Kier alpha value is -4.41. The van der Waals surface area contributed by atoms with Gasteiger partial charge in [-0.2, -0.15) is 5.10 Å². The number of fused-ring (bicyclic) bond motifs is 1. The third kappa shape index (κ3) is 4.48. The van der Waals surface area contributed by atoms with Crippen molar-refractivity contribution in [1.29, 1.82) is 0 Å². The van der Waals surface area contributed by atoms with Crippen LogP contribution in [-0.2, 0) is 0 Å². The minimum absolute atomic E-state index is 0.404. The lowest BCUT2D eigenvalue weighted by molar-refractivity contribution is 0.488. The standard InChI is InChI=1S/C26H29N11/c1-17(2)20-12-30-26(31-13-20)35-9-6-19(7-10-35)22-14-29-25-24(28-8-11-36(22)25)34-21-4-5-23(33-18(21)3)37-16-27-15-32-37/h4-5,8,11-17,19H,6-7,9-10H2,1-3H3,(H,28,34). The second kappa shape index (κ2) is 9.57. The maximum absolute atomic E-state index is 4.74. The van der Waals surface area contributed by atoms with Crippen molar-refractivity contribution in [2.75, 3.05) is 23.3 Å². The molecule has 188 valence electrons. The fourth-order valence-corrected chi connectivity index (χ4v) is 4.76. The summed E-state index contributed by atoms with van der Waals surface area (Å²) in [5, 5.41) is 7.57. The van der Waals surface area contributed by atoms with Crippen LogP contribution in [0.2, 0.25) is 0 Å². The van der Waals surface area contributed by atoms with Crippen LogP contribution in [0.25, 0.3) is 11.5 Å². The average molecular weight is 496 g/mol. The van der Waals surface area contributed by atoms with Crippen molar-refractivity contribution in [3.8, 4) is 5.82 Å². The Kier molecular flexibility index (Phi) is 5.95. The highest BCUT2D eigenvalue weighted by molar-refractivity contribution is 5.71. The first-order valence-corrected chi connectivity index (χ1v) is 12.6. The fourth-order valence-electron chi connectivity index (χ4n) is 4.76. The smallest absolute Gasteiger partial charge is 0.225 e. The van der Waals surface area contributed by atoms with Gasteiger partial charge < -0.3 is 10.2 Å². The van der Waals surface area contributed by atoms with E-state index in [4.69, 9.17) is 4.98 Å². The fraction of sp³-hybridized carbons (Fsp3) is 0.346. The van der Waals surface area contributed by atoms with Crippen LogP contribution in [-0.4, -0.2) is 57.2 Å². The van der Waals surface area contributed by atoms with Crippen LogP contribution in [0.1, 0.15) is 55.5 Å². The number of rotatable bonds is 6. The van der Waals surface area contributed by atoms with Crippen LogP contribution in [0.4, 0.5) is 17.5 Å². The molecule has 0 unspecified atom stereocenters. The van der Waals surface area contributed by atoms with Gasteiger partial charge in [-0.25, -0.2) is 34.6 Å². The molecule has 6 rings (SSSR count). The van der Waals surface area contributed by atoms with Gasteiger partial charge in [-0.05, 0) is 43.4 Å². The Labute approximate surface area is 214 Å². The minimum Gasteiger partial charge on any atom is -0.341 e. The minimum atomic E-state index is 0.404. The Morgan fingerprint density at radius 3 is 2.51 bits per heavy atom. The summed E-state index contributed by atoms with van der Waals surface area (Å²) in [4.78, 5) is 29.4. The number of nitrogens with zero attached hydrogens (tertiary/aromatic N) is 10. The summed E-state index contributed by atoms with van der Waals surface area (Å²) >= 11 is 0. The summed E-state index contributed by atoms with van der Waals surface area (Å²) in [6.07, 6.45) is 14.8. The molecule has 0 aliphatic carbocycles. The Morgan fingerprint density at radius 1 is 1.00 bits per heavy atom. The zero-order valence-electron chi connectivity index (χ0n) is 21.2. The molecule has 0 bridgehead atoms. The zero-order chi connectivity index (χ0) is 25.4. The lowest BCUT2D eigenvalue weighted by Crippen LogP contribution is -2.34. The molecular weight excluding hydrogens is 466 g/mol. The van der Waals surface area contributed by atoms with E-state index in [0.29, 0.717) is 23.5 Å². The van der Waals surface area contributed by atoms with Crippen molar-refractivity contribution in [1.82, 2.24) is 44.1 Å². The summed E-state index contributed by atoms with van der Waals surface area (Å²) in [7, 11) is 0. The van der Waals surface area contributed by atoms with Gasteiger partial charge >= 0.3 is 0 Å². The topological polar surface area (TPSA) is 115 Å². The van der Waals surface area contributed by atoms with Crippen molar-refractivity contribution in [2.45, 2.75) is 45.4 Å². The van der Waals surface area contributed by atoms with E-state index in [-0.39, 0.29) is 0 Å². The maximum atomic E-state index is 4.74. The molecule has 11 nitrogen and oxygen atoms in total. The van der Waals surface area contributed by atoms with E-state index in [1.807, 2.05) is 50.0 Å². The van der Waals surface area contributed by atoms with Crippen molar-refractivity contribution < 1.29 is 0 Å². The molecule has 0 saturated carbocycles. The second-order valence-electron chi connectivity index (χ2n) is 9.65. The molecule has 1 aliphatic rings. The van der Waals surface area contributed by atoms with Gasteiger partial charge in [-0.15, -0.1) is 0 Å². The lowest BCUT2D eigenvalue weighted by Gasteiger charge is -2.31. The summed E-state index contributed by atoms with van der Waals surface area (Å²) in [5.41, 5.74) is 4.87. The number of hydrogen-bond acceptors (Lipinski definition) is 9. The van der Waals surface area contributed by atoms with Gasteiger partial charge in [0.25, 0.3) is 0 Å². The molecule has 0 amide bonds. The van der Waals surface area contributed by atoms with Gasteiger partial charge in [0.15, 0.2) is 17.3 Å². The molecule has 1 aliphatic heterocycles. The molecule has 0 aromatic carbocycles. The number of nitrogens with one attached hydrogen (secondary N) is 1. The highest BCUT2D eigenvalue weighted by Crippen LogP contribution is 2.31. The van der Waals surface area contributed by atoms with Gasteiger partial charge in [0.05, 0.1) is 11.4 Å². The SMILES string of the molecule is Cc1nc(-n2cncn2)ccc1Nc1nccn2c(C3CCN(c4ncc(C(C)C)cn4)CC3)cnc12. The average Bonchev–Trinajstić information content (AvgIpc) is 3.61. The molecule has 0 atom stereocenters. The predicted molar refractivity (Wildman–Crippen MR) is 140 cm³/mol. The van der Waals surface area contributed by atoms with E-state index >= 15 is 0 Å². The van der Waals surface area contributed by atoms with Gasteiger partial charge in [0.1, 0.15) is 12.7 Å². The third-order valence-electron chi connectivity index (χ3n) is 6.96. The Balaban J connectivity index is 1.18. The summed E-state index contributed by atoms with van der Waals surface area (Å²) < 4.78 is 3.78. The van der Waals surface area contributed by atoms with Crippen LogP contribution >= 0.6 is 0 Å². The van der Waals surface area contributed by atoms with Crippen LogP contribution in [0.3, 0.4) is 0 Å². The summed E-state index contributed by atoms with van der Waals surface area (Å²) in [6, 6.07) is 3.87. The van der Waals surface area contributed by atoms with E-state index in [1.54, 1.807) is 11.0 Å². The van der Waals surface area contributed by atoms with E-state index in [9.17, 15) is 0 Å².